The Morgan fingerprint density at radius 1 is 1.40 bits per heavy atom. The average molecular weight is 362 g/mol. The predicted molar refractivity (Wildman–Crippen MR) is 75.2 cm³/mol. The van der Waals surface area contributed by atoms with E-state index < -0.39 is 11.7 Å². The van der Waals surface area contributed by atoms with Gasteiger partial charge in [0.05, 0.1) is 21.7 Å². The van der Waals surface area contributed by atoms with Gasteiger partial charge in [0.1, 0.15) is 0 Å². The molecule has 0 aliphatic carbocycles. The molecule has 0 saturated heterocycles. The van der Waals surface area contributed by atoms with Crippen LogP contribution in [0.2, 0.25) is 0 Å². The SMILES string of the molecule is FC(F)(F)c1cccc(Cn2cc(Br)c(N=C=S)n2)c1. The van der Waals surface area contributed by atoms with E-state index in [9.17, 15) is 13.2 Å². The van der Waals surface area contributed by atoms with E-state index in [0.717, 1.165) is 12.1 Å². The smallest absolute Gasteiger partial charge is 0.265 e. The van der Waals surface area contributed by atoms with Gasteiger partial charge in [-0.1, -0.05) is 12.1 Å². The zero-order valence-corrected chi connectivity index (χ0v) is 12.3. The Hall–Kier alpha value is -1.50. The summed E-state index contributed by atoms with van der Waals surface area (Å²) in [4.78, 5) is 3.73. The zero-order chi connectivity index (χ0) is 14.8. The summed E-state index contributed by atoms with van der Waals surface area (Å²) >= 11 is 7.71. The largest absolute Gasteiger partial charge is 0.416 e. The molecule has 0 amide bonds. The van der Waals surface area contributed by atoms with E-state index in [-0.39, 0.29) is 6.54 Å². The molecule has 2 aromatic rings. The second-order valence-electron chi connectivity index (χ2n) is 3.90. The lowest BCUT2D eigenvalue weighted by atomic mass is 10.1. The van der Waals surface area contributed by atoms with E-state index in [0.29, 0.717) is 15.9 Å². The molecule has 2 rings (SSSR count). The molecule has 20 heavy (non-hydrogen) atoms. The molecule has 1 aromatic heterocycles. The number of aliphatic imine (C=N–C) groups is 1. The van der Waals surface area contributed by atoms with Crippen molar-refractivity contribution < 1.29 is 13.2 Å². The van der Waals surface area contributed by atoms with Gasteiger partial charge in [-0.3, -0.25) is 4.68 Å². The molecule has 0 radical (unpaired) electrons. The van der Waals surface area contributed by atoms with Crippen molar-refractivity contribution in [2.45, 2.75) is 12.7 Å². The van der Waals surface area contributed by atoms with Gasteiger partial charge in [-0.25, -0.2) is 0 Å². The van der Waals surface area contributed by atoms with Crippen molar-refractivity contribution in [1.29, 1.82) is 0 Å². The highest BCUT2D eigenvalue weighted by Crippen LogP contribution is 2.30. The third-order valence-corrected chi connectivity index (χ3v) is 3.10. The molecule has 0 aliphatic heterocycles. The topological polar surface area (TPSA) is 30.2 Å². The molecule has 8 heteroatoms. The fourth-order valence-electron chi connectivity index (χ4n) is 1.62. The number of benzene rings is 1. The van der Waals surface area contributed by atoms with Crippen LogP contribution in [0.3, 0.4) is 0 Å². The van der Waals surface area contributed by atoms with Crippen LogP contribution in [0.5, 0.6) is 0 Å². The third-order valence-electron chi connectivity index (χ3n) is 2.45. The molecular weight excluding hydrogens is 355 g/mol. The molecule has 0 bridgehead atoms. The van der Waals surface area contributed by atoms with E-state index in [1.54, 1.807) is 12.3 Å². The van der Waals surface area contributed by atoms with Gasteiger partial charge >= 0.3 is 6.18 Å². The summed E-state index contributed by atoms with van der Waals surface area (Å²) in [6, 6.07) is 5.10. The Bertz CT molecular complexity index is 675. The molecule has 1 heterocycles. The van der Waals surface area contributed by atoms with Crippen LogP contribution in [0.15, 0.2) is 39.9 Å². The maximum atomic E-state index is 12.6. The first-order valence-electron chi connectivity index (χ1n) is 5.37. The first kappa shape index (κ1) is 14.9. The summed E-state index contributed by atoms with van der Waals surface area (Å²) in [7, 11) is 0. The van der Waals surface area contributed by atoms with Crippen LogP contribution in [0.25, 0.3) is 0 Å². The number of hydrogen-bond acceptors (Lipinski definition) is 3. The minimum atomic E-state index is -4.35. The van der Waals surface area contributed by atoms with Crippen molar-refractivity contribution in [2.75, 3.05) is 0 Å². The summed E-state index contributed by atoms with van der Waals surface area (Å²) in [6.07, 6.45) is -2.74. The van der Waals surface area contributed by atoms with Crippen LogP contribution in [0.1, 0.15) is 11.1 Å². The summed E-state index contributed by atoms with van der Waals surface area (Å²) < 4.78 is 39.9. The van der Waals surface area contributed by atoms with Crippen molar-refractivity contribution in [1.82, 2.24) is 9.78 Å². The zero-order valence-electron chi connectivity index (χ0n) is 9.86. The summed E-state index contributed by atoms with van der Waals surface area (Å²) in [6.45, 7) is 0.204. The van der Waals surface area contributed by atoms with E-state index in [1.165, 1.54) is 10.7 Å². The van der Waals surface area contributed by atoms with Gasteiger partial charge in [-0.2, -0.15) is 23.3 Å². The predicted octanol–water partition coefficient (Wildman–Crippen LogP) is 4.45. The minimum Gasteiger partial charge on any atom is -0.265 e. The van der Waals surface area contributed by atoms with Crippen molar-refractivity contribution in [3.8, 4) is 0 Å². The lowest BCUT2D eigenvalue weighted by Gasteiger charge is -2.08. The fourth-order valence-corrected chi connectivity index (χ4v) is 2.11. The summed E-state index contributed by atoms with van der Waals surface area (Å²) in [5.41, 5.74) is -0.189. The Kier molecular flexibility index (Phi) is 4.37. The number of nitrogens with zero attached hydrogens (tertiary/aromatic N) is 3. The molecule has 3 nitrogen and oxygen atoms in total. The van der Waals surface area contributed by atoms with Gasteiger partial charge in [-0.05, 0) is 45.8 Å². The van der Waals surface area contributed by atoms with Crippen molar-refractivity contribution in [3.05, 3.63) is 46.1 Å². The summed E-state index contributed by atoms with van der Waals surface area (Å²) in [5, 5.41) is 6.26. The number of hydrogen-bond donors (Lipinski definition) is 0. The van der Waals surface area contributed by atoms with Crippen LogP contribution in [-0.2, 0) is 12.7 Å². The maximum absolute atomic E-state index is 12.6. The molecule has 0 aliphatic rings. The van der Waals surface area contributed by atoms with Crippen molar-refractivity contribution >= 4 is 39.1 Å². The van der Waals surface area contributed by atoms with Gasteiger partial charge in [0, 0.05) is 6.20 Å². The lowest BCUT2D eigenvalue weighted by molar-refractivity contribution is -0.137. The van der Waals surface area contributed by atoms with Gasteiger partial charge in [0.15, 0.2) is 5.82 Å². The Morgan fingerprint density at radius 2 is 2.15 bits per heavy atom. The Morgan fingerprint density at radius 3 is 2.80 bits per heavy atom. The normalized spacial score (nSPS) is 11.2. The van der Waals surface area contributed by atoms with Gasteiger partial charge in [-0.15, -0.1) is 0 Å². The molecule has 0 N–H and O–H groups in total. The maximum Gasteiger partial charge on any atom is 0.416 e. The van der Waals surface area contributed by atoms with Gasteiger partial charge in [0.2, 0.25) is 0 Å². The number of aromatic nitrogens is 2. The monoisotopic (exact) mass is 361 g/mol. The first-order chi connectivity index (χ1) is 9.40. The second-order valence-corrected chi connectivity index (χ2v) is 4.94. The molecule has 0 spiro atoms. The molecule has 0 unspecified atom stereocenters. The lowest BCUT2D eigenvalue weighted by Crippen LogP contribution is -2.07. The number of thiocarbonyl (C=S) groups is 1. The van der Waals surface area contributed by atoms with Gasteiger partial charge < -0.3 is 0 Å². The number of rotatable bonds is 3. The van der Waals surface area contributed by atoms with Crippen LogP contribution < -0.4 is 0 Å². The number of isothiocyanates is 1. The Labute approximate surface area is 126 Å². The van der Waals surface area contributed by atoms with Crippen LogP contribution in [-0.4, -0.2) is 14.9 Å². The molecule has 104 valence electrons. The summed E-state index contributed by atoms with van der Waals surface area (Å²) in [5.74, 6) is 0.340. The highest BCUT2D eigenvalue weighted by atomic mass is 79.9. The minimum absolute atomic E-state index is 0.204. The fraction of sp³-hybridized carbons (Fsp3) is 0.167. The Balaban J connectivity index is 2.26. The van der Waals surface area contributed by atoms with Crippen LogP contribution in [0, 0.1) is 0 Å². The van der Waals surface area contributed by atoms with E-state index in [4.69, 9.17) is 0 Å². The molecule has 0 fully saturated rings. The molecular formula is C12H7BrF3N3S. The average Bonchev–Trinajstić information content (AvgIpc) is 2.69. The molecule has 1 aromatic carbocycles. The highest BCUT2D eigenvalue weighted by Gasteiger charge is 2.30. The van der Waals surface area contributed by atoms with Gasteiger partial charge in [0.25, 0.3) is 0 Å². The third kappa shape index (κ3) is 3.53. The van der Waals surface area contributed by atoms with Crippen LogP contribution >= 0.6 is 28.1 Å². The van der Waals surface area contributed by atoms with Crippen molar-refractivity contribution in [2.24, 2.45) is 4.99 Å². The van der Waals surface area contributed by atoms with Crippen molar-refractivity contribution in [3.63, 3.8) is 0 Å². The highest BCUT2D eigenvalue weighted by molar-refractivity contribution is 9.10. The first-order valence-corrected chi connectivity index (χ1v) is 6.57. The van der Waals surface area contributed by atoms with E-state index in [2.05, 4.69) is 43.4 Å². The second kappa shape index (κ2) is 5.87. The quantitative estimate of drug-likeness (QED) is 0.597. The van der Waals surface area contributed by atoms with E-state index >= 15 is 0 Å². The number of halogens is 4. The molecule has 0 saturated carbocycles. The van der Waals surface area contributed by atoms with Crippen LogP contribution in [0.4, 0.5) is 19.0 Å². The molecule has 0 atom stereocenters. The number of alkyl halides is 3. The van der Waals surface area contributed by atoms with E-state index in [1.807, 2.05) is 0 Å². The standard InChI is InChI=1S/C12H7BrF3N3S/c13-10-6-19(18-11(10)17-7-20)5-8-2-1-3-9(4-8)12(14,15)16/h1-4,6H,5H2.